The molecule has 2 heterocycles. The van der Waals surface area contributed by atoms with Crippen molar-refractivity contribution in [1.29, 1.82) is 0 Å². The van der Waals surface area contributed by atoms with Gasteiger partial charge in [-0.25, -0.2) is 9.97 Å². The fourth-order valence-electron chi connectivity index (χ4n) is 1.47. The van der Waals surface area contributed by atoms with Crippen molar-refractivity contribution in [2.24, 2.45) is 5.73 Å². The van der Waals surface area contributed by atoms with E-state index >= 15 is 0 Å². The third kappa shape index (κ3) is 2.90. The molecule has 15 heavy (non-hydrogen) atoms. The van der Waals surface area contributed by atoms with Crippen LogP contribution in [0.4, 0.5) is 0 Å². The molecule has 1 aromatic rings. The van der Waals surface area contributed by atoms with Crippen LogP contribution in [0.2, 0.25) is 0 Å². The summed E-state index contributed by atoms with van der Waals surface area (Å²) in [6, 6.07) is 2.08. The average Bonchev–Trinajstić information content (AvgIpc) is 2.22. The van der Waals surface area contributed by atoms with Crippen molar-refractivity contribution in [2.45, 2.75) is 29.8 Å². The molecule has 82 valence electrons. The molecule has 0 bridgehead atoms. The minimum absolute atomic E-state index is 0.188. The van der Waals surface area contributed by atoms with Gasteiger partial charge in [0, 0.05) is 24.5 Å². The molecule has 5 heteroatoms. The number of aromatic nitrogens is 2. The van der Waals surface area contributed by atoms with E-state index in [0.717, 1.165) is 23.9 Å². The Balaban J connectivity index is 2.01. The number of rotatable bonds is 2. The SMILES string of the molecule is Cc1ccnc(SC2COCCC2N)n1. The van der Waals surface area contributed by atoms with Gasteiger partial charge >= 0.3 is 0 Å². The van der Waals surface area contributed by atoms with Crippen LogP contribution < -0.4 is 5.73 Å². The van der Waals surface area contributed by atoms with Crippen molar-refractivity contribution < 1.29 is 4.74 Å². The molecule has 0 aliphatic carbocycles. The molecule has 1 aliphatic rings. The lowest BCUT2D eigenvalue weighted by Crippen LogP contribution is -2.40. The standard InChI is InChI=1S/C10H15N3OS/c1-7-2-4-12-10(13-7)15-9-6-14-5-3-8(9)11/h2,4,8-9H,3,5-6,11H2,1H3. The highest BCUT2D eigenvalue weighted by atomic mass is 32.2. The maximum absolute atomic E-state index is 6.01. The fourth-order valence-corrected chi connectivity index (χ4v) is 2.53. The summed E-state index contributed by atoms with van der Waals surface area (Å²) in [5.41, 5.74) is 6.99. The van der Waals surface area contributed by atoms with E-state index in [2.05, 4.69) is 9.97 Å². The summed E-state index contributed by atoms with van der Waals surface area (Å²) in [7, 11) is 0. The number of hydrogen-bond donors (Lipinski definition) is 1. The first-order valence-electron chi connectivity index (χ1n) is 5.05. The molecular formula is C10H15N3OS. The Morgan fingerprint density at radius 3 is 3.20 bits per heavy atom. The van der Waals surface area contributed by atoms with Gasteiger partial charge in [-0.05, 0) is 19.4 Å². The molecule has 1 aromatic heterocycles. The van der Waals surface area contributed by atoms with Crippen LogP contribution in [0.3, 0.4) is 0 Å². The summed E-state index contributed by atoms with van der Waals surface area (Å²) >= 11 is 1.61. The first-order valence-corrected chi connectivity index (χ1v) is 5.93. The van der Waals surface area contributed by atoms with E-state index in [9.17, 15) is 0 Å². The molecule has 2 rings (SSSR count). The van der Waals surface area contributed by atoms with Crippen LogP contribution in [0.1, 0.15) is 12.1 Å². The van der Waals surface area contributed by atoms with Gasteiger partial charge in [0.2, 0.25) is 0 Å². The Labute approximate surface area is 93.6 Å². The van der Waals surface area contributed by atoms with Gasteiger partial charge in [-0.1, -0.05) is 11.8 Å². The highest BCUT2D eigenvalue weighted by molar-refractivity contribution is 7.99. The predicted octanol–water partition coefficient (Wildman–Crippen LogP) is 0.993. The lowest BCUT2D eigenvalue weighted by atomic mass is 10.1. The quantitative estimate of drug-likeness (QED) is 0.761. The van der Waals surface area contributed by atoms with Crippen LogP contribution in [0, 0.1) is 6.92 Å². The molecular weight excluding hydrogens is 210 g/mol. The molecule has 0 amide bonds. The van der Waals surface area contributed by atoms with Crippen molar-refractivity contribution in [3.63, 3.8) is 0 Å². The minimum atomic E-state index is 0.188. The highest BCUT2D eigenvalue weighted by Crippen LogP contribution is 2.25. The summed E-state index contributed by atoms with van der Waals surface area (Å²) in [5.74, 6) is 0. The molecule has 1 fully saturated rings. The van der Waals surface area contributed by atoms with Crippen molar-refractivity contribution in [1.82, 2.24) is 9.97 Å². The molecule has 0 spiro atoms. The summed E-state index contributed by atoms with van der Waals surface area (Å²) in [6.07, 6.45) is 2.70. The number of aryl methyl sites for hydroxylation is 1. The van der Waals surface area contributed by atoms with Crippen LogP contribution in [0.5, 0.6) is 0 Å². The Kier molecular flexibility index (Phi) is 3.56. The van der Waals surface area contributed by atoms with Crippen LogP contribution in [0.15, 0.2) is 17.4 Å². The maximum atomic E-state index is 6.01. The first-order chi connectivity index (χ1) is 7.25. The van der Waals surface area contributed by atoms with Crippen molar-refractivity contribution in [3.05, 3.63) is 18.0 Å². The molecule has 0 radical (unpaired) electrons. The second-order valence-corrected chi connectivity index (χ2v) is 4.87. The van der Waals surface area contributed by atoms with Gasteiger partial charge in [-0.2, -0.15) is 0 Å². The van der Waals surface area contributed by atoms with E-state index in [4.69, 9.17) is 10.5 Å². The van der Waals surface area contributed by atoms with Crippen molar-refractivity contribution in [2.75, 3.05) is 13.2 Å². The molecule has 0 aromatic carbocycles. The fraction of sp³-hybridized carbons (Fsp3) is 0.600. The first kappa shape index (κ1) is 10.9. The predicted molar refractivity (Wildman–Crippen MR) is 59.8 cm³/mol. The molecule has 1 saturated heterocycles. The van der Waals surface area contributed by atoms with E-state index in [1.54, 1.807) is 18.0 Å². The Morgan fingerprint density at radius 2 is 2.47 bits per heavy atom. The molecule has 4 nitrogen and oxygen atoms in total. The van der Waals surface area contributed by atoms with Gasteiger partial charge in [0.1, 0.15) is 0 Å². The lowest BCUT2D eigenvalue weighted by molar-refractivity contribution is 0.0915. The van der Waals surface area contributed by atoms with Gasteiger partial charge < -0.3 is 10.5 Å². The third-order valence-electron chi connectivity index (χ3n) is 2.38. The molecule has 2 N–H and O–H groups in total. The van der Waals surface area contributed by atoms with E-state index in [-0.39, 0.29) is 11.3 Å². The smallest absolute Gasteiger partial charge is 0.188 e. The summed E-state index contributed by atoms with van der Waals surface area (Å²) < 4.78 is 5.40. The normalized spacial score (nSPS) is 26.5. The minimum Gasteiger partial charge on any atom is -0.380 e. The number of hydrogen-bond acceptors (Lipinski definition) is 5. The van der Waals surface area contributed by atoms with Gasteiger partial charge in [-0.3, -0.25) is 0 Å². The zero-order chi connectivity index (χ0) is 10.7. The van der Waals surface area contributed by atoms with Crippen LogP contribution in [0.25, 0.3) is 0 Å². The Bertz CT molecular complexity index is 334. The summed E-state index contributed by atoms with van der Waals surface area (Å²) in [6.45, 7) is 3.43. The van der Waals surface area contributed by atoms with E-state index < -0.39 is 0 Å². The van der Waals surface area contributed by atoms with Gasteiger partial charge in [0.25, 0.3) is 0 Å². The monoisotopic (exact) mass is 225 g/mol. The van der Waals surface area contributed by atoms with Crippen LogP contribution >= 0.6 is 11.8 Å². The van der Waals surface area contributed by atoms with E-state index in [0.29, 0.717) is 6.61 Å². The Hall–Kier alpha value is -0.650. The van der Waals surface area contributed by atoms with Gasteiger partial charge in [0.15, 0.2) is 5.16 Å². The largest absolute Gasteiger partial charge is 0.380 e. The molecule has 2 unspecified atom stereocenters. The zero-order valence-corrected chi connectivity index (χ0v) is 9.54. The van der Waals surface area contributed by atoms with Crippen LogP contribution in [-0.2, 0) is 4.74 Å². The number of thioether (sulfide) groups is 1. The maximum Gasteiger partial charge on any atom is 0.188 e. The van der Waals surface area contributed by atoms with Gasteiger partial charge in [0.05, 0.1) is 11.9 Å². The lowest BCUT2D eigenvalue weighted by Gasteiger charge is -2.27. The van der Waals surface area contributed by atoms with Gasteiger partial charge in [-0.15, -0.1) is 0 Å². The summed E-state index contributed by atoms with van der Waals surface area (Å²) in [5, 5.41) is 1.07. The average molecular weight is 225 g/mol. The number of ether oxygens (including phenoxy) is 1. The van der Waals surface area contributed by atoms with Crippen molar-refractivity contribution >= 4 is 11.8 Å². The second kappa shape index (κ2) is 4.92. The van der Waals surface area contributed by atoms with Crippen molar-refractivity contribution in [3.8, 4) is 0 Å². The highest BCUT2D eigenvalue weighted by Gasteiger charge is 2.24. The number of nitrogens with zero attached hydrogens (tertiary/aromatic N) is 2. The van der Waals surface area contributed by atoms with E-state index in [1.807, 2.05) is 13.0 Å². The zero-order valence-electron chi connectivity index (χ0n) is 8.72. The summed E-state index contributed by atoms with van der Waals surface area (Å²) in [4.78, 5) is 8.55. The molecule has 1 aliphatic heterocycles. The van der Waals surface area contributed by atoms with Crippen LogP contribution in [-0.4, -0.2) is 34.5 Å². The van der Waals surface area contributed by atoms with E-state index in [1.165, 1.54) is 0 Å². The Morgan fingerprint density at radius 1 is 1.60 bits per heavy atom. The molecule has 2 atom stereocenters. The topological polar surface area (TPSA) is 61.0 Å². The second-order valence-electron chi connectivity index (χ2n) is 3.66. The number of nitrogens with two attached hydrogens (primary N) is 1. The molecule has 0 saturated carbocycles. The third-order valence-corrected chi connectivity index (χ3v) is 3.58.